The number of aryl methyl sites for hydroxylation is 1. The third kappa shape index (κ3) is 2.22. The Morgan fingerprint density at radius 1 is 1.50 bits per heavy atom. The van der Waals surface area contributed by atoms with E-state index in [1.54, 1.807) is 7.05 Å². The molecule has 0 aromatic carbocycles. The Hall–Kier alpha value is -1.41. The highest BCUT2D eigenvalue weighted by atomic mass is 32.2. The lowest BCUT2D eigenvalue weighted by Gasteiger charge is -2.28. The molecule has 0 saturated carbocycles. The molecule has 1 atom stereocenters. The Morgan fingerprint density at radius 3 is 2.55 bits per heavy atom. The summed E-state index contributed by atoms with van der Waals surface area (Å²) >= 11 is 0. The molecule has 0 aliphatic carbocycles. The summed E-state index contributed by atoms with van der Waals surface area (Å²) in [4.78, 5) is 11.6. The van der Waals surface area contributed by atoms with Gasteiger partial charge < -0.3 is 5.11 Å². The Morgan fingerprint density at radius 2 is 2.15 bits per heavy atom. The summed E-state index contributed by atoms with van der Waals surface area (Å²) in [5.74, 6) is -1.06. The second-order valence-electron chi connectivity index (χ2n) is 5.55. The minimum Gasteiger partial charge on any atom is -0.481 e. The van der Waals surface area contributed by atoms with E-state index in [0.717, 1.165) is 0 Å². The standard InChI is InChI=1S/C12H19N3O4S/c1-9(2)12(11(16)17)4-5-15(8-12)20(18,19)10-6-13-14(3)7-10/h6-7,9H,4-5,8H2,1-3H3,(H,16,17). The van der Waals surface area contributed by atoms with Crippen LogP contribution in [0.3, 0.4) is 0 Å². The van der Waals surface area contributed by atoms with E-state index in [1.807, 2.05) is 13.8 Å². The van der Waals surface area contributed by atoms with Gasteiger partial charge in [0.15, 0.2) is 0 Å². The van der Waals surface area contributed by atoms with Crippen LogP contribution < -0.4 is 0 Å². The normalized spacial score (nSPS) is 24.4. The number of nitrogens with zero attached hydrogens (tertiary/aromatic N) is 3. The Kier molecular flexibility index (Phi) is 3.64. The van der Waals surface area contributed by atoms with Crippen molar-refractivity contribution in [3.63, 3.8) is 0 Å². The monoisotopic (exact) mass is 301 g/mol. The van der Waals surface area contributed by atoms with Crippen LogP contribution in [0.15, 0.2) is 17.3 Å². The maximum atomic E-state index is 12.5. The van der Waals surface area contributed by atoms with E-state index in [0.29, 0.717) is 6.42 Å². The van der Waals surface area contributed by atoms with Gasteiger partial charge in [0.25, 0.3) is 0 Å². The van der Waals surface area contributed by atoms with E-state index in [1.165, 1.54) is 21.4 Å². The van der Waals surface area contributed by atoms with Crippen molar-refractivity contribution >= 4 is 16.0 Å². The first-order chi connectivity index (χ1) is 9.20. The molecule has 8 heteroatoms. The van der Waals surface area contributed by atoms with Gasteiger partial charge in [-0.1, -0.05) is 13.8 Å². The molecule has 7 nitrogen and oxygen atoms in total. The lowest BCUT2D eigenvalue weighted by Crippen LogP contribution is -2.40. The maximum absolute atomic E-state index is 12.5. The third-order valence-corrected chi connectivity index (χ3v) is 5.91. The van der Waals surface area contributed by atoms with Crippen molar-refractivity contribution in [2.45, 2.75) is 25.2 Å². The van der Waals surface area contributed by atoms with Crippen LogP contribution in [0.5, 0.6) is 0 Å². The number of rotatable bonds is 4. The number of carboxylic acid groups (broad SMARTS) is 1. The summed E-state index contributed by atoms with van der Waals surface area (Å²) in [6, 6.07) is 0. The smallest absolute Gasteiger partial charge is 0.311 e. The largest absolute Gasteiger partial charge is 0.481 e. The molecule has 112 valence electrons. The third-order valence-electron chi connectivity index (χ3n) is 4.12. The number of carbonyl (C=O) groups is 1. The predicted molar refractivity (Wildman–Crippen MR) is 71.5 cm³/mol. The van der Waals surface area contributed by atoms with Gasteiger partial charge in [-0.15, -0.1) is 0 Å². The number of hydrogen-bond donors (Lipinski definition) is 1. The summed E-state index contributed by atoms with van der Waals surface area (Å²) in [6.07, 6.45) is 3.04. The fourth-order valence-corrected chi connectivity index (χ4v) is 4.07. The molecule has 0 amide bonds. The van der Waals surface area contributed by atoms with Crippen LogP contribution in [0, 0.1) is 11.3 Å². The molecule has 1 aliphatic heterocycles. The SMILES string of the molecule is CC(C)C1(C(=O)O)CCN(S(=O)(=O)c2cnn(C)c2)C1. The highest BCUT2D eigenvalue weighted by Crippen LogP contribution is 2.40. The zero-order valence-electron chi connectivity index (χ0n) is 11.8. The first-order valence-corrected chi connectivity index (χ1v) is 7.86. The lowest BCUT2D eigenvalue weighted by molar-refractivity contribution is -0.150. The van der Waals surface area contributed by atoms with E-state index in [4.69, 9.17) is 0 Å². The minimum absolute atomic E-state index is 0.0111. The second-order valence-corrected chi connectivity index (χ2v) is 7.49. The molecule has 1 unspecified atom stereocenters. The molecule has 2 rings (SSSR count). The topological polar surface area (TPSA) is 92.5 Å². The van der Waals surface area contributed by atoms with E-state index in [2.05, 4.69) is 5.10 Å². The minimum atomic E-state index is -3.67. The lowest BCUT2D eigenvalue weighted by atomic mass is 9.77. The molecule has 0 bridgehead atoms. The number of aliphatic carboxylic acids is 1. The second kappa shape index (κ2) is 4.85. The molecular formula is C12H19N3O4S. The quantitative estimate of drug-likeness (QED) is 0.876. The Bertz CT molecular complexity index is 622. The first kappa shape index (κ1) is 15.0. The van der Waals surface area contributed by atoms with Gasteiger partial charge in [0.2, 0.25) is 10.0 Å². The molecule has 20 heavy (non-hydrogen) atoms. The van der Waals surface area contributed by atoms with Crippen LogP contribution in [0.2, 0.25) is 0 Å². The number of carboxylic acids is 1. The van der Waals surface area contributed by atoms with Crippen molar-refractivity contribution in [1.82, 2.24) is 14.1 Å². The van der Waals surface area contributed by atoms with Gasteiger partial charge in [-0.25, -0.2) is 8.42 Å². The molecule has 1 aliphatic rings. The van der Waals surface area contributed by atoms with Gasteiger partial charge in [0.1, 0.15) is 4.90 Å². The molecule has 1 N–H and O–H groups in total. The highest BCUT2D eigenvalue weighted by molar-refractivity contribution is 7.89. The number of sulfonamides is 1. The number of hydrogen-bond acceptors (Lipinski definition) is 4. The molecule has 0 radical (unpaired) electrons. The van der Waals surface area contributed by atoms with Gasteiger partial charge in [-0.05, 0) is 12.3 Å². The van der Waals surface area contributed by atoms with Crippen molar-refractivity contribution in [1.29, 1.82) is 0 Å². The van der Waals surface area contributed by atoms with Gasteiger partial charge in [0.05, 0.1) is 11.6 Å². The average Bonchev–Trinajstić information content (AvgIpc) is 2.95. The predicted octanol–water partition coefficient (Wildman–Crippen LogP) is 0.541. The highest BCUT2D eigenvalue weighted by Gasteiger charge is 2.50. The van der Waals surface area contributed by atoms with E-state index < -0.39 is 21.4 Å². The average molecular weight is 301 g/mol. The van der Waals surface area contributed by atoms with Crippen LogP contribution in [0.1, 0.15) is 20.3 Å². The van der Waals surface area contributed by atoms with Crippen molar-refractivity contribution < 1.29 is 18.3 Å². The van der Waals surface area contributed by atoms with E-state index in [-0.39, 0.29) is 23.9 Å². The molecule has 0 spiro atoms. The first-order valence-electron chi connectivity index (χ1n) is 6.42. The summed E-state index contributed by atoms with van der Waals surface area (Å²) in [5.41, 5.74) is -1.00. The summed E-state index contributed by atoms with van der Waals surface area (Å²) in [7, 11) is -2.03. The van der Waals surface area contributed by atoms with Crippen LogP contribution >= 0.6 is 0 Å². The van der Waals surface area contributed by atoms with E-state index >= 15 is 0 Å². The van der Waals surface area contributed by atoms with Gasteiger partial charge in [0, 0.05) is 26.3 Å². The fourth-order valence-electron chi connectivity index (χ4n) is 2.58. The molecule has 1 aromatic rings. The summed E-state index contributed by atoms with van der Waals surface area (Å²) < 4.78 is 27.6. The van der Waals surface area contributed by atoms with Crippen LogP contribution in [0.4, 0.5) is 0 Å². The Labute approximate surface area is 118 Å². The molecule has 1 saturated heterocycles. The van der Waals surface area contributed by atoms with Crippen LogP contribution in [-0.2, 0) is 21.9 Å². The van der Waals surface area contributed by atoms with Crippen molar-refractivity contribution in [3.8, 4) is 0 Å². The number of aromatic nitrogens is 2. The van der Waals surface area contributed by atoms with Gasteiger partial charge in [-0.2, -0.15) is 9.40 Å². The zero-order valence-corrected chi connectivity index (χ0v) is 12.6. The van der Waals surface area contributed by atoms with Crippen LogP contribution in [0.25, 0.3) is 0 Å². The summed E-state index contributed by atoms with van der Waals surface area (Å²) in [6.45, 7) is 3.86. The van der Waals surface area contributed by atoms with Crippen molar-refractivity contribution in [3.05, 3.63) is 12.4 Å². The molecular weight excluding hydrogens is 282 g/mol. The van der Waals surface area contributed by atoms with Gasteiger partial charge in [-0.3, -0.25) is 9.48 Å². The summed E-state index contributed by atoms with van der Waals surface area (Å²) in [5, 5.41) is 13.3. The fraction of sp³-hybridized carbons (Fsp3) is 0.667. The molecule has 2 heterocycles. The van der Waals surface area contributed by atoms with Crippen molar-refractivity contribution in [2.24, 2.45) is 18.4 Å². The van der Waals surface area contributed by atoms with Crippen molar-refractivity contribution in [2.75, 3.05) is 13.1 Å². The molecule has 1 fully saturated rings. The van der Waals surface area contributed by atoms with Crippen LogP contribution in [-0.4, -0.2) is 46.7 Å². The van der Waals surface area contributed by atoms with E-state index in [9.17, 15) is 18.3 Å². The maximum Gasteiger partial charge on any atom is 0.311 e. The molecule has 1 aromatic heterocycles. The zero-order chi connectivity index (χ0) is 15.1. The van der Waals surface area contributed by atoms with Gasteiger partial charge >= 0.3 is 5.97 Å². The Balaban J connectivity index is 2.31.